The number of carbonyl (C=O) groups is 2. The largest absolute Gasteiger partial charge is 0.459 e. The topological polar surface area (TPSA) is 43.4 Å². The number of fused-ring (bicyclic) bond motifs is 1. The van der Waals surface area contributed by atoms with Gasteiger partial charge < -0.3 is 4.74 Å². The van der Waals surface area contributed by atoms with E-state index in [9.17, 15) is 9.59 Å². The van der Waals surface area contributed by atoms with E-state index in [1.165, 1.54) is 5.57 Å². The number of rotatable bonds is 3. The maximum Gasteiger partial charge on any atom is 0.330 e. The van der Waals surface area contributed by atoms with Crippen LogP contribution in [0.4, 0.5) is 0 Å². The van der Waals surface area contributed by atoms with E-state index in [-0.39, 0.29) is 35.1 Å². The molecule has 0 amide bonds. The lowest BCUT2D eigenvalue weighted by Gasteiger charge is -2.49. The molecule has 0 aromatic heterocycles. The lowest BCUT2D eigenvalue weighted by molar-refractivity contribution is -0.150. The standard InChI is InChI=1S/C20H28O3/c1-12(2)9-19(22)23-18-8-7-15-10-17(21)16(13(3)4)11-20(15,6)14(18)5/h9-10,14,16,18H,3,7-8,11H2,1-2,4-6H3. The Morgan fingerprint density at radius 3 is 2.61 bits per heavy atom. The van der Waals surface area contributed by atoms with Crippen LogP contribution in [0.2, 0.25) is 0 Å². The van der Waals surface area contributed by atoms with Gasteiger partial charge in [0.05, 0.1) is 0 Å². The summed E-state index contributed by atoms with van der Waals surface area (Å²) in [5.74, 6) is -0.0104. The monoisotopic (exact) mass is 316 g/mol. The van der Waals surface area contributed by atoms with Crippen LogP contribution in [0.5, 0.6) is 0 Å². The zero-order valence-corrected chi connectivity index (χ0v) is 14.9. The summed E-state index contributed by atoms with van der Waals surface area (Å²) in [7, 11) is 0. The first-order chi connectivity index (χ1) is 10.6. The zero-order valence-electron chi connectivity index (χ0n) is 14.9. The van der Waals surface area contributed by atoms with Crippen LogP contribution in [0.1, 0.15) is 53.9 Å². The Balaban J connectivity index is 2.23. The molecule has 1 fully saturated rings. The number of hydrogen-bond acceptors (Lipinski definition) is 3. The number of carbonyl (C=O) groups excluding carboxylic acids is 2. The van der Waals surface area contributed by atoms with Crippen LogP contribution in [-0.2, 0) is 14.3 Å². The van der Waals surface area contributed by atoms with Crippen LogP contribution in [0.3, 0.4) is 0 Å². The first-order valence-electron chi connectivity index (χ1n) is 8.41. The Bertz CT molecular complexity index is 592. The van der Waals surface area contributed by atoms with Gasteiger partial charge in [-0.3, -0.25) is 4.79 Å². The van der Waals surface area contributed by atoms with Crippen molar-refractivity contribution in [3.8, 4) is 0 Å². The van der Waals surface area contributed by atoms with Crippen molar-refractivity contribution in [3.63, 3.8) is 0 Å². The summed E-state index contributed by atoms with van der Waals surface area (Å²) in [5.41, 5.74) is 2.96. The van der Waals surface area contributed by atoms with E-state index in [0.29, 0.717) is 0 Å². The summed E-state index contributed by atoms with van der Waals surface area (Å²) in [6.45, 7) is 14.0. The van der Waals surface area contributed by atoms with E-state index >= 15 is 0 Å². The maximum atomic E-state index is 12.3. The molecular formula is C20H28O3. The smallest absolute Gasteiger partial charge is 0.330 e. The van der Waals surface area contributed by atoms with Crippen LogP contribution < -0.4 is 0 Å². The molecule has 0 aliphatic heterocycles. The van der Waals surface area contributed by atoms with Gasteiger partial charge in [-0.2, -0.15) is 0 Å². The van der Waals surface area contributed by atoms with Gasteiger partial charge in [0.1, 0.15) is 6.10 Å². The van der Waals surface area contributed by atoms with Gasteiger partial charge in [0.2, 0.25) is 0 Å². The van der Waals surface area contributed by atoms with Gasteiger partial charge in [0, 0.05) is 17.9 Å². The minimum atomic E-state index is -0.263. The predicted molar refractivity (Wildman–Crippen MR) is 91.8 cm³/mol. The van der Waals surface area contributed by atoms with Crippen LogP contribution in [0.25, 0.3) is 0 Å². The molecule has 0 N–H and O–H groups in total. The predicted octanol–water partition coefficient (Wildman–Crippen LogP) is 4.39. The summed E-state index contributed by atoms with van der Waals surface area (Å²) >= 11 is 0. The summed E-state index contributed by atoms with van der Waals surface area (Å²) in [4.78, 5) is 24.3. The maximum absolute atomic E-state index is 12.3. The third-order valence-electron chi connectivity index (χ3n) is 5.55. The molecule has 2 aliphatic rings. The first kappa shape index (κ1) is 17.7. The minimum Gasteiger partial charge on any atom is -0.459 e. The molecule has 3 nitrogen and oxygen atoms in total. The van der Waals surface area contributed by atoms with Gasteiger partial charge in [-0.05, 0) is 51.5 Å². The van der Waals surface area contributed by atoms with Crippen LogP contribution >= 0.6 is 0 Å². The van der Waals surface area contributed by atoms with Gasteiger partial charge in [-0.15, -0.1) is 0 Å². The normalized spacial score (nSPS) is 33.3. The van der Waals surface area contributed by atoms with Crippen LogP contribution in [0, 0.1) is 17.3 Å². The fourth-order valence-corrected chi connectivity index (χ4v) is 3.88. The highest BCUT2D eigenvalue weighted by atomic mass is 16.5. The van der Waals surface area contributed by atoms with Gasteiger partial charge in [0.25, 0.3) is 0 Å². The number of allylic oxidation sites excluding steroid dienone is 4. The molecule has 0 saturated heterocycles. The van der Waals surface area contributed by atoms with E-state index in [0.717, 1.165) is 30.4 Å². The molecule has 1 saturated carbocycles. The number of ketones is 1. The van der Waals surface area contributed by atoms with E-state index in [1.54, 1.807) is 6.08 Å². The summed E-state index contributed by atoms with van der Waals surface area (Å²) in [6, 6.07) is 0. The lowest BCUT2D eigenvalue weighted by Crippen LogP contribution is -2.46. The molecule has 3 heteroatoms. The molecule has 2 aliphatic carbocycles. The highest BCUT2D eigenvalue weighted by Crippen LogP contribution is 2.52. The Morgan fingerprint density at radius 1 is 1.39 bits per heavy atom. The highest BCUT2D eigenvalue weighted by Gasteiger charge is 2.48. The van der Waals surface area contributed by atoms with Crippen molar-refractivity contribution in [2.75, 3.05) is 0 Å². The van der Waals surface area contributed by atoms with Crippen molar-refractivity contribution in [1.82, 2.24) is 0 Å². The molecular weight excluding hydrogens is 288 g/mol. The van der Waals surface area contributed by atoms with Gasteiger partial charge >= 0.3 is 5.97 Å². The van der Waals surface area contributed by atoms with Crippen molar-refractivity contribution in [2.24, 2.45) is 17.3 Å². The van der Waals surface area contributed by atoms with Crippen LogP contribution in [-0.4, -0.2) is 17.9 Å². The van der Waals surface area contributed by atoms with Gasteiger partial charge in [-0.1, -0.05) is 37.1 Å². The fraction of sp³-hybridized carbons (Fsp3) is 0.600. The molecule has 23 heavy (non-hydrogen) atoms. The van der Waals surface area contributed by atoms with Crippen molar-refractivity contribution >= 4 is 11.8 Å². The lowest BCUT2D eigenvalue weighted by atomic mass is 9.57. The summed E-state index contributed by atoms with van der Waals surface area (Å²) < 4.78 is 5.70. The molecule has 0 spiro atoms. The van der Waals surface area contributed by atoms with Crippen molar-refractivity contribution in [1.29, 1.82) is 0 Å². The summed E-state index contributed by atoms with van der Waals surface area (Å²) in [5, 5.41) is 0. The Labute approximate surface area is 139 Å². The van der Waals surface area contributed by atoms with E-state index in [1.807, 2.05) is 26.8 Å². The molecule has 0 bridgehead atoms. The molecule has 126 valence electrons. The summed E-state index contributed by atoms with van der Waals surface area (Å²) in [6.07, 6.45) is 5.65. The number of ether oxygens (including phenoxy) is 1. The average Bonchev–Trinajstić information content (AvgIpc) is 2.43. The SMILES string of the molecule is C=C(C)C1CC2(C)C(=CC1=O)CCC(OC(=O)C=C(C)C)C2C. The Kier molecular flexibility index (Phi) is 4.98. The Hall–Kier alpha value is -1.64. The van der Waals surface area contributed by atoms with Crippen molar-refractivity contribution in [2.45, 2.75) is 60.0 Å². The second kappa shape index (κ2) is 6.46. The van der Waals surface area contributed by atoms with E-state index in [4.69, 9.17) is 4.74 Å². The zero-order chi connectivity index (χ0) is 17.4. The number of esters is 1. The second-order valence-corrected chi connectivity index (χ2v) is 7.62. The molecule has 0 aromatic carbocycles. The van der Waals surface area contributed by atoms with Crippen molar-refractivity contribution in [3.05, 3.63) is 35.5 Å². The quantitative estimate of drug-likeness (QED) is 0.440. The Morgan fingerprint density at radius 2 is 2.04 bits per heavy atom. The minimum absolute atomic E-state index is 0.0979. The van der Waals surface area contributed by atoms with E-state index < -0.39 is 0 Å². The van der Waals surface area contributed by atoms with Crippen molar-refractivity contribution < 1.29 is 14.3 Å². The molecule has 4 atom stereocenters. The first-order valence-corrected chi connectivity index (χ1v) is 8.41. The molecule has 0 aromatic rings. The molecule has 0 heterocycles. The molecule has 4 unspecified atom stereocenters. The van der Waals surface area contributed by atoms with Gasteiger partial charge in [0.15, 0.2) is 5.78 Å². The van der Waals surface area contributed by atoms with Crippen LogP contribution in [0.15, 0.2) is 35.5 Å². The average molecular weight is 316 g/mol. The fourth-order valence-electron chi connectivity index (χ4n) is 3.88. The number of hydrogen-bond donors (Lipinski definition) is 0. The second-order valence-electron chi connectivity index (χ2n) is 7.62. The molecule has 2 rings (SSSR count). The molecule has 0 radical (unpaired) electrons. The third kappa shape index (κ3) is 3.49. The highest BCUT2D eigenvalue weighted by molar-refractivity contribution is 5.95. The van der Waals surface area contributed by atoms with E-state index in [2.05, 4.69) is 20.4 Å². The third-order valence-corrected chi connectivity index (χ3v) is 5.55. The van der Waals surface area contributed by atoms with Gasteiger partial charge in [-0.25, -0.2) is 4.79 Å².